The Kier molecular flexibility index (Phi) is 9.07. The summed E-state index contributed by atoms with van der Waals surface area (Å²) >= 11 is 6.05. The number of carboxylic acids is 1. The summed E-state index contributed by atoms with van der Waals surface area (Å²) < 4.78 is 41.6. The molecule has 0 saturated carbocycles. The molecule has 29 heavy (non-hydrogen) atoms. The van der Waals surface area contributed by atoms with Gasteiger partial charge in [-0.1, -0.05) is 61.5 Å². The van der Waals surface area contributed by atoms with E-state index in [4.69, 9.17) is 16.7 Å². The van der Waals surface area contributed by atoms with E-state index >= 15 is 0 Å². The van der Waals surface area contributed by atoms with Crippen molar-refractivity contribution in [3.63, 3.8) is 0 Å². The van der Waals surface area contributed by atoms with Crippen molar-refractivity contribution < 1.29 is 22.7 Å². The van der Waals surface area contributed by atoms with Gasteiger partial charge in [-0.3, -0.25) is 4.79 Å². The zero-order valence-corrected chi connectivity index (χ0v) is 17.6. The van der Waals surface area contributed by atoms with Crippen molar-refractivity contribution in [2.75, 3.05) is 0 Å². The number of sulfonamides is 1. The second-order valence-corrected chi connectivity index (χ2v) is 8.95. The van der Waals surface area contributed by atoms with Gasteiger partial charge in [0.25, 0.3) is 0 Å². The fraction of sp³-hybridized carbons (Fsp3) is 0.381. The Morgan fingerprint density at radius 2 is 1.62 bits per heavy atom. The van der Waals surface area contributed by atoms with Crippen molar-refractivity contribution in [3.05, 3.63) is 64.9 Å². The second kappa shape index (κ2) is 11.3. The molecule has 1 unspecified atom stereocenters. The zero-order chi connectivity index (χ0) is 21.3. The third-order valence-electron chi connectivity index (χ3n) is 4.58. The molecular weight excluding hydrogens is 417 g/mol. The van der Waals surface area contributed by atoms with Crippen LogP contribution in [0.3, 0.4) is 0 Å². The Morgan fingerprint density at radius 1 is 1.00 bits per heavy atom. The third kappa shape index (κ3) is 7.76. The minimum absolute atomic E-state index is 0.00227. The van der Waals surface area contributed by atoms with Gasteiger partial charge in [0.15, 0.2) is 0 Å². The molecule has 0 amide bonds. The van der Waals surface area contributed by atoms with E-state index in [2.05, 4.69) is 4.72 Å². The van der Waals surface area contributed by atoms with Crippen LogP contribution < -0.4 is 4.72 Å². The highest BCUT2D eigenvalue weighted by Crippen LogP contribution is 2.26. The Hall–Kier alpha value is -1.96. The summed E-state index contributed by atoms with van der Waals surface area (Å²) in [7, 11) is -3.85. The highest BCUT2D eigenvalue weighted by Gasteiger charge is 2.23. The maximum Gasteiger partial charge on any atom is 0.303 e. The molecule has 158 valence electrons. The van der Waals surface area contributed by atoms with Crippen LogP contribution in [-0.2, 0) is 14.8 Å². The van der Waals surface area contributed by atoms with Gasteiger partial charge in [-0.2, -0.15) is 0 Å². The van der Waals surface area contributed by atoms with Crippen LogP contribution in [0.1, 0.15) is 56.6 Å². The maximum absolute atomic E-state index is 13.3. The molecule has 2 rings (SSSR count). The predicted molar refractivity (Wildman–Crippen MR) is 111 cm³/mol. The molecule has 0 radical (unpaired) electrons. The van der Waals surface area contributed by atoms with Gasteiger partial charge in [0.05, 0.1) is 5.02 Å². The smallest absolute Gasteiger partial charge is 0.303 e. The topological polar surface area (TPSA) is 83.5 Å². The van der Waals surface area contributed by atoms with Gasteiger partial charge in [0.1, 0.15) is 10.7 Å². The predicted octanol–water partition coefficient (Wildman–Crippen LogP) is 5.31. The minimum Gasteiger partial charge on any atom is -0.481 e. The number of hydrogen-bond acceptors (Lipinski definition) is 3. The summed E-state index contributed by atoms with van der Waals surface area (Å²) in [5, 5.41) is 8.79. The lowest BCUT2D eigenvalue weighted by molar-refractivity contribution is -0.137. The van der Waals surface area contributed by atoms with Crippen molar-refractivity contribution in [2.24, 2.45) is 0 Å². The molecular formula is C21H25ClFNO4S. The van der Waals surface area contributed by atoms with Crippen LogP contribution in [0.5, 0.6) is 0 Å². The summed E-state index contributed by atoms with van der Waals surface area (Å²) in [6, 6.07) is 11.4. The van der Waals surface area contributed by atoms with E-state index < -0.39 is 22.0 Å². The van der Waals surface area contributed by atoms with Crippen molar-refractivity contribution in [3.8, 4) is 0 Å². The molecule has 2 N–H and O–H groups in total. The highest BCUT2D eigenvalue weighted by atomic mass is 35.5. The molecule has 0 fully saturated rings. The molecule has 1 atom stereocenters. The van der Waals surface area contributed by atoms with Crippen LogP contribution in [0.15, 0.2) is 53.4 Å². The molecule has 0 aliphatic rings. The third-order valence-corrected chi connectivity index (χ3v) is 6.55. The number of halogens is 2. The number of benzene rings is 2. The van der Waals surface area contributed by atoms with E-state index in [1.165, 1.54) is 24.3 Å². The van der Waals surface area contributed by atoms with Gasteiger partial charge < -0.3 is 5.11 Å². The van der Waals surface area contributed by atoms with Crippen LogP contribution in [0.4, 0.5) is 4.39 Å². The fourth-order valence-corrected chi connectivity index (χ4v) is 4.84. The van der Waals surface area contributed by atoms with Gasteiger partial charge in [-0.05, 0) is 42.7 Å². The number of hydrogen-bond donors (Lipinski definition) is 2. The molecule has 5 nitrogen and oxygen atoms in total. The molecule has 0 spiro atoms. The first-order valence-corrected chi connectivity index (χ1v) is 11.4. The Labute approximate surface area is 176 Å². The van der Waals surface area contributed by atoms with E-state index in [-0.39, 0.29) is 22.2 Å². The van der Waals surface area contributed by atoms with Gasteiger partial charge in [0.2, 0.25) is 10.0 Å². The molecule has 0 bridgehead atoms. The Morgan fingerprint density at radius 3 is 2.28 bits per heavy atom. The SMILES string of the molecule is O=C(O)CCCCCCCC(NS(=O)(=O)c1ccccc1Cl)c1ccc(F)cc1. The number of unbranched alkanes of at least 4 members (excludes halogenated alkanes) is 4. The van der Waals surface area contributed by atoms with E-state index in [1.807, 2.05) is 0 Å². The molecule has 0 aromatic heterocycles. The van der Waals surface area contributed by atoms with Crippen molar-refractivity contribution >= 4 is 27.6 Å². The first-order valence-electron chi connectivity index (χ1n) is 9.54. The quantitative estimate of drug-likeness (QED) is 0.437. The Balaban J connectivity index is 2.03. The molecule has 0 aliphatic heterocycles. The molecule has 8 heteroatoms. The molecule has 0 heterocycles. The first-order chi connectivity index (χ1) is 13.8. The zero-order valence-electron chi connectivity index (χ0n) is 16.0. The minimum atomic E-state index is -3.85. The lowest BCUT2D eigenvalue weighted by Crippen LogP contribution is -2.29. The normalized spacial score (nSPS) is 12.6. The van der Waals surface area contributed by atoms with E-state index in [9.17, 15) is 17.6 Å². The van der Waals surface area contributed by atoms with Gasteiger partial charge in [-0.15, -0.1) is 0 Å². The van der Waals surface area contributed by atoms with E-state index in [1.54, 1.807) is 24.3 Å². The van der Waals surface area contributed by atoms with E-state index in [0.717, 1.165) is 25.7 Å². The van der Waals surface area contributed by atoms with Crippen molar-refractivity contribution in [1.29, 1.82) is 0 Å². The highest BCUT2D eigenvalue weighted by molar-refractivity contribution is 7.89. The van der Waals surface area contributed by atoms with E-state index in [0.29, 0.717) is 18.4 Å². The lowest BCUT2D eigenvalue weighted by Gasteiger charge is -2.20. The van der Waals surface area contributed by atoms with Gasteiger partial charge in [-0.25, -0.2) is 17.5 Å². The number of aliphatic carboxylic acids is 1. The molecule has 2 aromatic carbocycles. The standard InChI is InChI=1S/C21H25ClFNO4S/c22-18-8-6-7-10-20(18)29(27,28)24-19(16-12-14-17(23)15-13-16)9-4-2-1-3-5-11-21(25)26/h6-8,10,12-15,19,24H,1-5,9,11H2,(H,25,26). The van der Waals surface area contributed by atoms with Crippen molar-refractivity contribution in [1.82, 2.24) is 4.72 Å². The van der Waals surface area contributed by atoms with Crippen LogP contribution in [0.2, 0.25) is 5.02 Å². The van der Waals surface area contributed by atoms with Crippen molar-refractivity contribution in [2.45, 2.75) is 55.9 Å². The monoisotopic (exact) mass is 441 g/mol. The summed E-state index contributed by atoms with van der Waals surface area (Å²) in [5.74, 6) is -1.18. The summed E-state index contributed by atoms with van der Waals surface area (Å²) in [5.41, 5.74) is 0.674. The second-order valence-electron chi connectivity index (χ2n) is 6.86. The molecule has 2 aromatic rings. The molecule has 0 saturated heterocycles. The number of nitrogens with one attached hydrogen (secondary N) is 1. The number of rotatable bonds is 12. The summed E-state index contributed by atoms with van der Waals surface area (Å²) in [6.45, 7) is 0. The van der Waals surface area contributed by atoms with Crippen LogP contribution in [-0.4, -0.2) is 19.5 Å². The average molecular weight is 442 g/mol. The number of carboxylic acid groups (broad SMARTS) is 1. The fourth-order valence-electron chi connectivity index (χ4n) is 3.06. The Bertz CT molecular complexity index is 903. The van der Waals surface area contributed by atoms with Gasteiger partial charge >= 0.3 is 5.97 Å². The van der Waals surface area contributed by atoms with Crippen LogP contribution in [0.25, 0.3) is 0 Å². The first kappa shape index (κ1) is 23.3. The average Bonchev–Trinajstić information content (AvgIpc) is 2.67. The van der Waals surface area contributed by atoms with Crippen LogP contribution in [0, 0.1) is 5.82 Å². The maximum atomic E-state index is 13.3. The largest absolute Gasteiger partial charge is 0.481 e. The van der Waals surface area contributed by atoms with Crippen LogP contribution >= 0.6 is 11.6 Å². The lowest BCUT2D eigenvalue weighted by atomic mass is 10.0. The molecule has 0 aliphatic carbocycles. The summed E-state index contributed by atoms with van der Waals surface area (Å²) in [6.07, 6.45) is 4.63. The van der Waals surface area contributed by atoms with Gasteiger partial charge in [0, 0.05) is 12.5 Å². The number of carbonyl (C=O) groups is 1. The summed E-state index contributed by atoms with van der Waals surface area (Å²) in [4.78, 5) is 10.5.